The quantitative estimate of drug-likeness (QED) is 0.806. The van der Waals surface area contributed by atoms with E-state index in [2.05, 4.69) is 32.0 Å². The Morgan fingerprint density at radius 3 is 3.07 bits per heavy atom. The van der Waals surface area contributed by atoms with Gasteiger partial charge in [-0.25, -0.2) is 0 Å². The van der Waals surface area contributed by atoms with Crippen molar-refractivity contribution in [3.63, 3.8) is 0 Å². The third-order valence-corrected chi connectivity index (χ3v) is 3.73. The van der Waals surface area contributed by atoms with Crippen molar-refractivity contribution >= 4 is 11.8 Å². The molecule has 1 aliphatic rings. The molecule has 1 aromatic carbocycles. The molecule has 2 unspecified atom stereocenters. The molecule has 0 spiro atoms. The number of fused-ring (bicyclic) bond motifs is 1. The highest BCUT2D eigenvalue weighted by atomic mass is 32.2. The predicted molar refractivity (Wildman–Crippen MR) is 62.8 cm³/mol. The van der Waals surface area contributed by atoms with Crippen LogP contribution in [0.15, 0.2) is 23.1 Å². The summed E-state index contributed by atoms with van der Waals surface area (Å²) in [4.78, 5) is 1.47. The lowest BCUT2D eigenvalue weighted by atomic mass is 10.0. The highest BCUT2D eigenvalue weighted by Gasteiger charge is 2.18. The molecule has 2 rings (SSSR count). The lowest BCUT2D eigenvalue weighted by molar-refractivity contribution is 0.736. The van der Waals surface area contributed by atoms with E-state index in [1.165, 1.54) is 22.4 Å². The van der Waals surface area contributed by atoms with Crippen LogP contribution in [0.25, 0.3) is 0 Å². The first-order chi connectivity index (χ1) is 6.65. The van der Waals surface area contributed by atoms with Crippen molar-refractivity contribution < 1.29 is 0 Å². The minimum Gasteiger partial charge on any atom is -0.328 e. The Bertz CT molecular complexity index is 333. The van der Waals surface area contributed by atoms with Crippen molar-refractivity contribution in [1.82, 2.24) is 0 Å². The normalized spacial score (nSPS) is 22.1. The Morgan fingerprint density at radius 2 is 2.36 bits per heavy atom. The van der Waals surface area contributed by atoms with E-state index in [1.54, 1.807) is 0 Å². The van der Waals surface area contributed by atoms with Crippen molar-refractivity contribution in [2.24, 2.45) is 5.73 Å². The van der Waals surface area contributed by atoms with Crippen LogP contribution in [-0.2, 0) is 12.8 Å². The molecule has 2 heteroatoms. The summed E-state index contributed by atoms with van der Waals surface area (Å²) in [5, 5.41) is 0.746. The maximum Gasteiger partial charge on any atom is 0.0110 e. The third-order valence-electron chi connectivity index (χ3n) is 2.52. The van der Waals surface area contributed by atoms with Gasteiger partial charge in [0.2, 0.25) is 0 Å². The predicted octanol–water partition coefficient (Wildman–Crippen LogP) is 2.61. The Labute approximate surface area is 90.1 Å². The zero-order valence-electron chi connectivity index (χ0n) is 8.79. The van der Waals surface area contributed by atoms with Crippen LogP contribution in [0.4, 0.5) is 0 Å². The second kappa shape index (κ2) is 3.95. The van der Waals surface area contributed by atoms with E-state index in [1.807, 2.05) is 11.8 Å². The first-order valence-corrected chi connectivity index (χ1v) is 6.07. The Hall–Kier alpha value is -0.470. The molecule has 0 fully saturated rings. The van der Waals surface area contributed by atoms with E-state index >= 15 is 0 Å². The summed E-state index contributed by atoms with van der Waals surface area (Å²) in [5.41, 5.74) is 8.68. The highest BCUT2D eigenvalue weighted by molar-refractivity contribution is 8.00. The average Bonchev–Trinajstić information content (AvgIpc) is 2.42. The number of hydrogen-bond acceptors (Lipinski definition) is 2. The molecule has 0 saturated carbocycles. The van der Waals surface area contributed by atoms with Gasteiger partial charge in [-0.3, -0.25) is 0 Å². The topological polar surface area (TPSA) is 26.0 Å². The van der Waals surface area contributed by atoms with Crippen LogP contribution in [0.3, 0.4) is 0 Å². The van der Waals surface area contributed by atoms with Crippen LogP contribution in [0, 0.1) is 0 Å². The molecule has 14 heavy (non-hydrogen) atoms. The molecule has 0 aromatic heterocycles. The van der Waals surface area contributed by atoms with Crippen molar-refractivity contribution in [1.29, 1.82) is 0 Å². The molecule has 0 saturated heterocycles. The van der Waals surface area contributed by atoms with Gasteiger partial charge in [0.25, 0.3) is 0 Å². The van der Waals surface area contributed by atoms with E-state index in [-0.39, 0.29) is 6.04 Å². The lowest BCUT2D eigenvalue weighted by Gasteiger charge is -2.06. The summed E-state index contributed by atoms with van der Waals surface area (Å²) < 4.78 is 0. The van der Waals surface area contributed by atoms with Crippen LogP contribution >= 0.6 is 11.8 Å². The highest BCUT2D eigenvalue weighted by Crippen LogP contribution is 2.37. The summed E-state index contributed by atoms with van der Waals surface area (Å²) >= 11 is 1.99. The molecule has 1 nitrogen and oxygen atoms in total. The molecule has 1 aliphatic heterocycles. The Balaban J connectivity index is 2.20. The standard InChI is InChI=1S/C12H17NS/c1-8(13)5-10-3-4-11-6-9(2)14-12(11)7-10/h3-4,7-9H,5-6,13H2,1-2H3. The number of thioether (sulfide) groups is 1. The molecular formula is C12H17NS. The first-order valence-electron chi connectivity index (χ1n) is 5.19. The van der Waals surface area contributed by atoms with Gasteiger partial charge in [0, 0.05) is 16.2 Å². The van der Waals surface area contributed by atoms with E-state index in [0.29, 0.717) is 0 Å². The molecule has 2 N–H and O–H groups in total. The fourth-order valence-corrected chi connectivity index (χ4v) is 3.16. The monoisotopic (exact) mass is 207 g/mol. The van der Waals surface area contributed by atoms with Crippen molar-refractivity contribution in [2.45, 2.75) is 42.9 Å². The molecule has 0 aliphatic carbocycles. The van der Waals surface area contributed by atoms with Crippen LogP contribution in [0.2, 0.25) is 0 Å². The van der Waals surface area contributed by atoms with Gasteiger partial charge >= 0.3 is 0 Å². The van der Waals surface area contributed by atoms with E-state index in [4.69, 9.17) is 5.73 Å². The van der Waals surface area contributed by atoms with Gasteiger partial charge in [-0.2, -0.15) is 0 Å². The Morgan fingerprint density at radius 1 is 1.57 bits per heavy atom. The summed E-state index contributed by atoms with van der Waals surface area (Å²) in [7, 11) is 0. The fraction of sp³-hybridized carbons (Fsp3) is 0.500. The van der Waals surface area contributed by atoms with Crippen molar-refractivity contribution in [3.8, 4) is 0 Å². The van der Waals surface area contributed by atoms with Gasteiger partial charge in [-0.15, -0.1) is 11.8 Å². The molecule has 0 bridgehead atoms. The van der Waals surface area contributed by atoms with E-state index in [0.717, 1.165) is 11.7 Å². The van der Waals surface area contributed by atoms with Gasteiger partial charge in [-0.05, 0) is 37.0 Å². The smallest absolute Gasteiger partial charge is 0.0110 e. The number of benzene rings is 1. The molecule has 1 aromatic rings. The lowest BCUT2D eigenvalue weighted by Crippen LogP contribution is -2.17. The largest absolute Gasteiger partial charge is 0.328 e. The Kier molecular flexibility index (Phi) is 2.84. The van der Waals surface area contributed by atoms with Gasteiger partial charge in [0.15, 0.2) is 0 Å². The van der Waals surface area contributed by atoms with Crippen LogP contribution in [0.1, 0.15) is 25.0 Å². The summed E-state index contributed by atoms with van der Waals surface area (Å²) in [5.74, 6) is 0. The van der Waals surface area contributed by atoms with Crippen LogP contribution in [0.5, 0.6) is 0 Å². The second-order valence-electron chi connectivity index (χ2n) is 4.26. The van der Waals surface area contributed by atoms with Gasteiger partial charge in [0.05, 0.1) is 0 Å². The maximum atomic E-state index is 5.79. The summed E-state index contributed by atoms with van der Waals surface area (Å²) in [6, 6.07) is 7.06. The van der Waals surface area contributed by atoms with Crippen molar-refractivity contribution in [3.05, 3.63) is 29.3 Å². The molecule has 0 radical (unpaired) electrons. The van der Waals surface area contributed by atoms with Crippen LogP contribution in [-0.4, -0.2) is 11.3 Å². The SMILES string of the molecule is CC(N)Cc1ccc2c(c1)SC(C)C2. The zero-order chi connectivity index (χ0) is 10.1. The minimum atomic E-state index is 0.261. The van der Waals surface area contributed by atoms with E-state index < -0.39 is 0 Å². The molecule has 1 heterocycles. The summed E-state index contributed by atoms with van der Waals surface area (Å²) in [6.07, 6.45) is 2.21. The molecule has 0 amide bonds. The molecule has 2 atom stereocenters. The van der Waals surface area contributed by atoms with Gasteiger partial charge < -0.3 is 5.73 Å². The van der Waals surface area contributed by atoms with Gasteiger partial charge in [-0.1, -0.05) is 19.1 Å². The maximum absolute atomic E-state index is 5.79. The molecule has 76 valence electrons. The third kappa shape index (κ3) is 2.12. The number of hydrogen-bond donors (Lipinski definition) is 1. The second-order valence-corrected chi connectivity index (χ2v) is 5.74. The van der Waals surface area contributed by atoms with Gasteiger partial charge in [0.1, 0.15) is 0 Å². The first kappa shape index (κ1) is 10.1. The number of rotatable bonds is 2. The summed E-state index contributed by atoms with van der Waals surface area (Å²) in [6.45, 7) is 4.35. The molecular weight excluding hydrogens is 190 g/mol. The van der Waals surface area contributed by atoms with E-state index in [9.17, 15) is 0 Å². The fourth-order valence-electron chi connectivity index (χ4n) is 1.94. The van der Waals surface area contributed by atoms with Crippen molar-refractivity contribution in [2.75, 3.05) is 0 Å². The minimum absolute atomic E-state index is 0.261. The van der Waals surface area contributed by atoms with Crippen LogP contribution < -0.4 is 5.73 Å². The zero-order valence-corrected chi connectivity index (χ0v) is 9.60. The average molecular weight is 207 g/mol. The number of nitrogens with two attached hydrogens (primary N) is 1.